The number of aryl methyl sites for hydroxylation is 1. The Hall–Kier alpha value is -2.82. The number of nitrogens with one attached hydrogen (secondary N) is 2. The Kier molecular flexibility index (Phi) is 5.60. The van der Waals surface area contributed by atoms with Crippen molar-refractivity contribution in [3.63, 3.8) is 0 Å². The molecule has 5 heteroatoms. The highest BCUT2D eigenvalue weighted by atomic mass is 16.2. The van der Waals surface area contributed by atoms with Gasteiger partial charge in [-0.15, -0.1) is 0 Å². The third-order valence-electron chi connectivity index (χ3n) is 5.69. The van der Waals surface area contributed by atoms with Gasteiger partial charge in [-0.25, -0.2) is 4.79 Å². The molecule has 1 saturated heterocycles. The monoisotopic (exact) mass is 377 g/mol. The summed E-state index contributed by atoms with van der Waals surface area (Å²) in [6.45, 7) is 1.64. The molecule has 0 bridgehead atoms. The molecule has 2 aliphatic rings. The van der Waals surface area contributed by atoms with Crippen LogP contribution in [-0.2, 0) is 6.42 Å². The molecule has 1 aliphatic heterocycles. The number of likely N-dealkylation sites (tertiary alicyclic amines) is 1. The van der Waals surface area contributed by atoms with Crippen LogP contribution in [0.3, 0.4) is 0 Å². The molecule has 0 saturated carbocycles. The van der Waals surface area contributed by atoms with E-state index in [9.17, 15) is 9.59 Å². The van der Waals surface area contributed by atoms with Gasteiger partial charge in [0.05, 0.1) is 6.04 Å². The van der Waals surface area contributed by atoms with E-state index in [-0.39, 0.29) is 18.0 Å². The van der Waals surface area contributed by atoms with Crippen LogP contribution < -0.4 is 10.6 Å². The number of amides is 3. The van der Waals surface area contributed by atoms with Gasteiger partial charge in [0.1, 0.15) is 0 Å². The minimum absolute atomic E-state index is 0.0307. The predicted octanol–water partition coefficient (Wildman–Crippen LogP) is 4.51. The van der Waals surface area contributed by atoms with Crippen molar-refractivity contribution in [3.05, 3.63) is 65.2 Å². The van der Waals surface area contributed by atoms with E-state index in [1.54, 1.807) is 6.07 Å². The topological polar surface area (TPSA) is 61.4 Å². The summed E-state index contributed by atoms with van der Waals surface area (Å²) in [7, 11) is 0. The third-order valence-corrected chi connectivity index (χ3v) is 5.69. The molecule has 1 atom stereocenters. The zero-order chi connectivity index (χ0) is 19.3. The number of nitrogens with zero attached hydrogens (tertiary/aromatic N) is 1. The second-order valence-corrected chi connectivity index (χ2v) is 7.68. The van der Waals surface area contributed by atoms with Gasteiger partial charge < -0.3 is 15.5 Å². The van der Waals surface area contributed by atoms with Crippen LogP contribution in [0.25, 0.3) is 0 Å². The van der Waals surface area contributed by atoms with Gasteiger partial charge in [0, 0.05) is 24.3 Å². The van der Waals surface area contributed by atoms with Crippen molar-refractivity contribution in [2.45, 2.75) is 44.6 Å². The molecule has 2 aromatic carbocycles. The Labute approximate surface area is 166 Å². The molecule has 4 rings (SSSR count). The maximum Gasteiger partial charge on any atom is 0.319 e. The highest BCUT2D eigenvalue weighted by Gasteiger charge is 2.22. The lowest BCUT2D eigenvalue weighted by molar-refractivity contribution is 0.0724. The van der Waals surface area contributed by atoms with E-state index < -0.39 is 0 Å². The van der Waals surface area contributed by atoms with E-state index in [4.69, 9.17) is 0 Å². The predicted molar refractivity (Wildman–Crippen MR) is 110 cm³/mol. The van der Waals surface area contributed by atoms with Gasteiger partial charge in [0.15, 0.2) is 0 Å². The summed E-state index contributed by atoms with van der Waals surface area (Å²) in [5.41, 5.74) is 3.79. The fourth-order valence-corrected chi connectivity index (χ4v) is 4.24. The smallest absolute Gasteiger partial charge is 0.319 e. The standard InChI is InChI=1S/C23H27N3O2/c27-22(26-14-4-1-5-15-26)18-10-6-11-19(16-18)24-23(28)25-21-13-7-9-17-8-2-3-12-20(17)21/h2-3,6,8,10-12,16,21H,1,4-5,7,9,13-15H2,(H2,24,25,28). The lowest BCUT2D eigenvalue weighted by Gasteiger charge is -2.27. The lowest BCUT2D eigenvalue weighted by Crippen LogP contribution is -2.36. The van der Waals surface area contributed by atoms with Crippen LogP contribution in [0.4, 0.5) is 10.5 Å². The first-order valence-electron chi connectivity index (χ1n) is 10.3. The average molecular weight is 377 g/mol. The van der Waals surface area contributed by atoms with Crippen LogP contribution in [0.15, 0.2) is 48.5 Å². The molecule has 0 aromatic heterocycles. The average Bonchev–Trinajstić information content (AvgIpc) is 2.74. The Morgan fingerprint density at radius 2 is 1.75 bits per heavy atom. The van der Waals surface area contributed by atoms with Gasteiger partial charge >= 0.3 is 6.03 Å². The van der Waals surface area contributed by atoms with Crippen molar-refractivity contribution < 1.29 is 9.59 Å². The summed E-state index contributed by atoms with van der Waals surface area (Å²) in [6, 6.07) is 15.3. The SMILES string of the molecule is O=C(Nc1cccc(C(=O)N2CCCCC2)c1)NC1CCCc2ccccc21. The molecule has 1 aliphatic carbocycles. The molecule has 1 heterocycles. The lowest BCUT2D eigenvalue weighted by atomic mass is 9.88. The molecule has 1 unspecified atom stereocenters. The minimum atomic E-state index is -0.232. The van der Waals surface area contributed by atoms with Crippen molar-refractivity contribution in [1.82, 2.24) is 10.2 Å². The Morgan fingerprint density at radius 3 is 2.61 bits per heavy atom. The number of hydrogen-bond acceptors (Lipinski definition) is 2. The van der Waals surface area contributed by atoms with E-state index in [1.807, 2.05) is 35.2 Å². The fraction of sp³-hybridized carbons (Fsp3) is 0.391. The fourth-order valence-electron chi connectivity index (χ4n) is 4.24. The molecule has 146 valence electrons. The van der Waals surface area contributed by atoms with E-state index >= 15 is 0 Å². The second kappa shape index (κ2) is 8.46. The maximum atomic E-state index is 12.7. The molecular formula is C23H27N3O2. The van der Waals surface area contributed by atoms with E-state index in [0.717, 1.165) is 45.2 Å². The van der Waals surface area contributed by atoms with E-state index in [2.05, 4.69) is 22.8 Å². The summed E-state index contributed by atoms with van der Waals surface area (Å²) < 4.78 is 0. The molecule has 0 radical (unpaired) electrons. The highest BCUT2D eigenvalue weighted by Crippen LogP contribution is 2.29. The zero-order valence-corrected chi connectivity index (χ0v) is 16.1. The number of piperidine rings is 1. The van der Waals surface area contributed by atoms with Gasteiger partial charge in [-0.2, -0.15) is 0 Å². The Bertz CT molecular complexity index is 858. The summed E-state index contributed by atoms with van der Waals surface area (Å²) in [4.78, 5) is 27.1. The third kappa shape index (κ3) is 4.19. The van der Waals surface area contributed by atoms with Gasteiger partial charge in [-0.05, 0) is 67.9 Å². The molecular weight excluding hydrogens is 350 g/mol. The van der Waals surface area contributed by atoms with Crippen LogP contribution in [0.2, 0.25) is 0 Å². The van der Waals surface area contributed by atoms with Crippen LogP contribution >= 0.6 is 0 Å². The van der Waals surface area contributed by atoms with Crippen molar-refractivity contribution in [3.8, 4) is 0 Å². The second-order valence-electron chi connectivity index (χ2n) is 7.68. The Morgan fingerprint density at radius 1 is 0.929 bits per heavy atom. The molecule has 2 aromatic rings. The maximum absolute atomic E-state index is 12.7. The molecule has 2 N–H and O–H groups in total. The summed E-state index contributed by atoms with van der Waals surface area (Å²) in [5, 5.41) is 5.99. The van der Waals surface area contributed by atoms with E-state index in [0.29, 0.717) is 11.3 Å². The quantitative estimate of drug-likeness (QED) is 0.827. The normalized spacial score (nSPS) is 18.9. The minimum Gasteiger partial charge on any atom is -0.339 e. The molecule has 0 spiro atoms. The van der Waals surface area contributed by atoms with Crippen molar-refractivity contribution in [1.29, 1.82) is 0 Å². The number of anilines is 1. The van der Waals surface area contributed by atoms with Gasteiger partial charge in [0.2, 0.25) is 0 Å². The van der Waals surface area contributed by atoms with Crippen molar-refractivity contribution in [2.24, 2.45) is 0 Å². The highest BCUT2D eigenvalue weighted by molar-refractivity contribution is 5.97. The van der Waals surface area contributed by atoms with Crippen molar-refractivity contribution >= 4 is 17.6 Å². The van der Waals surface area contributed by atoms with E-state index in [1.165, 1.54) is 17.5 Å². The van der Waals surface area contributed by atoms with Crippen LogP contribution in [0.1, 0.15) is 59.6 Å². The van der Waals surface area contributed by atoms with Crippen LogP contribution in [0, 0.1) is 0 Å². The number of rotatable bonds is 3. The van der Waals surface area contributed by atoms with Gasteiger partial charge in [-0.1, -0.05) is 30.3 Å². The number of carbonyl (C=O) groups excluding carboxylic acids is 2. The first-order chi connectivity index (χ1) is 13.7. The first-order valence-corrected chi connectivity index (χ1v) is 10.3. The van der Waals surface area contributed by atoms with Crippen LogP contribution in [-0.4, -0.2) is 29.9 Å². The van der Waals surface area contributed by atoms with Gasteiger partial charge in [-0.3, -0.25) is 4.79 Å². The summed E-state index contributed by atoms with van der Waals surface area (Å²) >= 11 is 0. The number of fused-ring (bicyclic) bond motifs is 1. The Balaban J connectivity index is 1.41. The summed E-state index contributed by atoms with van der Waals surface area (Å²) in [6.07, 6.45) is 6.40. The van der Waals surface area contributed by atoms with Gasteiger partial charge in [0.25, 0.3) is 5.91 Å². The number of hydrogen-bond donors (Lipinski definition) is 2. The van der Waals surface area contributed by atoms with Crippen molar-refractivity contribution in [2.75, 3.05) is 18.4 Å². The number of benzene rings is 2. The molecule has 1 fully saturated rings. The number of carbonyl (C=O) groups is 2. The first kappa shape index (κ1) is 18.5. The largest absolute Gasteiger partial charge is 0.339 e. The molecule has 28 heavy (non-hydrogen) atoms. The molecule has 5 nitrogen and oxygen atoms in total. The number of urea groups is 1. The van der Waals surface area contributed by atoms with Crippen LogP contribution in [0.5, 0.6) is 0 Å². The molecule has 3 amide bonds. The zero-order valence-electron chi connectivity index (χ0n) is 16.1. The summed E-state index contributed by atoms with van der Waals surface area (Å²) in [5.74, 6) is 0.0463.